The number of carbonyl (C=O) groups excluding carboxylic acids is 4. The molecule has 0 unspecified atom stereocenters. The van der Waals surface area contributed by atoms with Crippen molar-refractivity contribution in [1.82, 2.24) is 0 Å². The first-order valence-corrected chi connectivity index (χ1v) is 11.6. The quantitative estimate of drug-likeness (QED) is 0.343. The number of ketones is 2. The van der Waals surface area contributed by atoms with E-state index in [1.165, 1.54) is 13.0 Å². The fourth-order valence-corrected chi connectivity index (χ4v) is 5.83. The van der Waals surface area contributed by atoms with E-state index < -0.39 is 52.0 Å². The van der Waals surface area contributed by atoms with E-state index in [1.54, 1.807) is 30.3 Å². The lowest BCUT2D eigenvalue weighted by Gasteiger charge is -2.45. The number of nitrogens with one attached hydrogen (secondary N) is 1. The average Bonchev–Trinajstić information content (AvgIpc) is 2.81. The number of phenols is 1. The summed E-state index contributed by atoms with van der Waals surface area (Å²) in [5.41, 5.74) is 4.05. The second-order valence-corrected chi connectivity index (χ2v) is 9.65. The van der Waals surface area contributed by atoms with Gasteiger partial charge in [0.1, 0.15) is 22.8 Å². The number of amides is 2. The van der Waals surface area contributed by atoms with Crippen LogP contribution in [0.4, 0.5) is 5.69 Å². The maximum absolute atomic E-state index is 13.6. The minimum Gasteiger partial charge on any atom is -0.511 e. The van der Waals surface area contributed by atoms with Gasteiger partial charge in [-0.1, -0.05) is 18.2 Å². The minimum atomic E-state index is -2.59. The Morgan fingerprint density at radius 2 is 1.70 bits per heavy atom. The number of allylic oxidation sites excluding steroid dienone is 2. The predicted octanol–water partition coefficient (Wildman–Crippen LogP) is 2.21. The third-order valence-electron chi connectivity index (χ3n) is 7.46. The van der Waals surface area contributed by atoms with Gasteiger partial charge in [-0.15, -0.1) is 0 Å². The number of aliphatic hydroxyl groups is 3. The molecule has 0 saturated carbocycles. The summed E-state index contributed by atoms with van der Waals surface area (Å²) in [5, 5.41) is 46.0. The average molecular weight is 504 g/mol. The Morgan fingerprint density at radius 3 is 2.32 bits per heavy atom. The molecule has 37 heavy (non-hydrogen) atoms. The SMILES string of the molecule is CC(=O)Nc1ccc(-c2ccc(O)c3c2C[C@H]2C[C@H]4CC(O)=C(C(N)=O)C(=O)[C@@]4(O)C(O)=C2C3=O)cc1. The van der Waals surface area contributed by atoms with E-state index in [1.807, 2.05) is 0 Å². The Kier molecular flexibility index (Phi) is 5.45. The number of benzene rings is 2. The normalized spacial score (nSPS) is 24.8. The molecule has 190 valence electrons. The van der Waals surface area contributed by atoms with Crippen molar-refractivity contribution < 1.29 is 39.6 Å². The Bertz CT molecular complexity index is 1470. The summed E-state index contributed by atoms with van der Waals surface area (Å²) in [6.45, 7) is 1.39. The molecule has 0 spiro atoms. The predicted molar refractivity (Wildman–Crippen MR) is 131 cm³/mol. The van der Waals surface area contributed by atoms with Gasteiger partial charge >= 0.3 is 0 Å². The summed E-state index contributed by atoms with van der Waals surface area (Å²) < 4.78 is 0. The molecule has 2 aromatic carbocycles. The number of hydrogen-bond donors (Lipinski definition) is 6. The number of anilines is 1. The fraction of sp³-hybridized carbons (Fsp3) is 0.259. The highest BCUT2D eigenvalue weighted by atomic mass is 16.3. The Hall–Kier alpha value is -4.44. The van der Waals surface area contributed by atoms with Gasteiger partial charge in [-0.05, 0) is 53.6 Å². The van der Waals surface area contributed by atoms with Gasteiger partial charge in [-0.25, -0.2) is 0 Å². The molecule has 2 amide bonds. The standard InChI is InChI=1S/C27H24N2O8/c1-11(30)29-15-4-2-12(3-5-15)16-6-7-18(31)21-17(16)9-13-8-14-10-19(32)22(26(28)36)25(35)27(14,37)24(34)20(13)23(21)33/h2-7,13-14,31-32,34,37H,8-10H2,1H3,(H2,28,36)(H,29,30)/t13-,14+,27+/m1/s1. The molecule has 7 N–H and O–H groups in total. The molecule has 3 atom stereocenters. The van der Waals surface area contributed by atoms with Crippen LogP contribution in [0.5, 0.6) is 5.75 Å². The number of Topliss-reactive ketones (excluding diaryl/α,β-unsaturated/α-hetero) is 2. The molecule has 0 saturated heterocycles. The summed E-state index contributed by atoms with van der Waals surface area (Å²) in [5.74, 6) is -6.86. The highest BCUT2D eigenvalue weighted by Gasteiger charge is 2.59. The van der Waals surface area contributed by atoms with Crippen molar-refractivity contribution in [1.29, 1.82) is 0 Å². The lowest BCUT2D eigenvalue weighted by molar-refractivity contribution is -0.144. The van der Waals surface area contributed by atoms with Crippen molar-refractivity contribution in [3.8, 4) is 16.9 Å². The van der Waals surface area contributed by atoms with E-state index in [0.29, 0.717) is 16.8 Å². The summed E-state index contributed by atoms with van der Waals surface area (Å²) in [6, 6.07) is 9.96. The smallest absolute Gasteiger partial charge is 0.255 e. The van der Waals surface area contributed by atoms with E-state index in [2.05, 4.69) is 5.32 Å². The number of aliphatic hydroxyl groups excluding tert-OH is 2. The number of fused-ring (bicyclic) bond motifs is 3. The molecule has 3 aliphatic carbocycles. The van der Waals surface area contributed by atoms with Crippen molar-refractivity contribution in [2.45, 2.75) is 31.8 Å². The Labute approximate surface area is 210 Å². The van der Waals surface area contributed by atoms with Crippen molar-refractivity contribution in [2.75, 3.05) is 5.32 Å². The van der Waals surface area contributed by atoms with E-state index in [0.717, 1.165) is 5.56 Å². The molecule has 0 aliphatic heterocycles. The number of aromatic hydroxyl groups is 1. The van der Waals surface area contributed by atoms with Gasteiger partial charge < -0.3 is 31.5 Å². The zero-order valence-electron chi connectivity index (χ0n) is 19.7. The topological polar surface area (TPSA) is 187 Å². The first kappa shape index (κ1) is 24.3. The molecule has 5 rings (SSSR count). The van der Waals surface area contributed by atoms with Gasteiger partial charge in [0.15, 0.2) is 11.4 Å². The van der Waals surface area contributed by atoms with E-state index >= 15 is 0 Å². The molecule has 0 bridgehead atoms. The Morgan fingerprint density at radius 1 is 1.03 bits per heavy atom. The highest BCUT2D eigenvalue weighted by molar-refractivity contribution is 6.24. The van der Waals surface area contributed by atoms with Crippen LogP contribution in [-0.4, -0.2) is 49.4 Å². The lowest BCUT2D eigenvalue weighted by Crippen LogP contribution is -2.57. The first-order chi connectivity index (χ1) is 17.4. The maximum Gasteiger partial charge on any atom is 0.255 e. The lowest BCUT2D eigenvalue weighted by atomic mass is 9.60. The van der Waals surface area contributed by atoms with Crippen LogP contribution in [0.25, 0.3) is 11.1 Å². The molecule has 0 radical (unpaired) electrons. The molecule has 0 aromatic heterocycles. The molecule has 2 aromatic rings. The largest absolute Gasteiger partial charge is 0.511 e. The van der Waals surface area contributed by atoms with Gasteiger partial charge in [0.2, 0.25) is 11.7 Å². The van der Waals surface area contributed by atoms with Crippen LogP contribution >= 0.6 is 0 Å². The fourth-order valence-electron chi connectivity index (χ4n) is 5.83. The van der Waals surface area contributed by atoms with Gasteiger partial charge in [0, 0.05) is 30.5 Å². The molecule has 0 heterocycles. The number of phenolic OH excluding ortho intramolecular Hbond substituents is 1. The van der Waals surface area contributed by atoms with Crippen LogP contribution in [0.3, 0.4) is 0 Å². The second kappa shape index (κ2) is 8.31. The van der Waals surface area contributed by atoms with Gasteiger partial charge in [0.05, 0.1) is 5.56 Å². The first-order valence-electron chi connectivity index (χ1n) is 11.6. The maximum atomic E-state index is 13.6. The molecule has 10 heteroatoms. The minimum absolute atomic E-state index is 0.0550. The third kappa shape index (κ3) is 3.52. The van der Waals surface area contributed by atoms with Crippen molar-refractivity contribution >= 4 is 29.1 Å². The summed E-state index contributed by atoms with van der Waals surface area (Å²) in [7, 11) is 0. The number of carbonyl (C=O) groups is 4. The van der Waals surface area contributed by atoms with Crippen molar-refractivity contribution in [3.05, 3.63) is 70.2 Å². The Balaban J connectivity index is 1.62. The molecule has 0 fully saturated rings. The second-order valence-electron chi connectivity index (χ2n) is 9.65. The van der Waals surface area contributed by atoms with Crippen LogP contribution < -0.4 is 11.1 Å². The number of primary amides is 1. The van der Waals surface area contributed by atoms with Gasteiger partial charge in [-0.3, -0.25) is 19.2 Å². The molecular weight excluding hydrogens is 480 g/mol. The highest BCUT2D eigenvalue weighted by Crippen LogP contribution is 2.52. The zero-order valence-corrected chi connectivity index (χ0v) is 19.7. The van der Waals surface area contributed by atoms with E-state index in [9.17, 15) is 39.6 Å². The zero-order chi connectivity index (χ0) is 26.8. The molecule has 10 nitrogen and oxygen atoms in total. The van der Waals surface area contributed by atoms with Crippen molar-refractivity contribution in [2.24, 2.45) is 17.6 Å². The number of hydrogen-bond acceptors (Lipinski definition) is 8. The number of rotatable bonds is 3. The van der Waals surface area contributed by atoms with Crippen LogP contribution in [0.2, 0.25) is 0 Å². The summed E-state index contributed by atoms with van der Waals surface area (Å²) in [4.78, 5) is 49.7. The third-order valence-corrected chi connectivity index (χ3v) is 7.46. The summed E-state index contributed by atoms with van der Waals surface area (Å²) in [6.07, 6.45) is -0.0298. The summed E-state index contributed by atoms with van der Waals surface area (Å²) >= 11 is 0. The van der Waals surface area contributed by atoms with Crippen LogP contribution in [0, 0.1) is 11.8 Å². The van der Waals surface area contributed by atoms with Crippen LogP contribution in [0.15, 0.2) is 59.1 Å². The monoisotopic (exact) mass is 504 g/mol. The van der Waals surface area contributed by atoms with E-state index in [4.69, 9.17) is 5.73 Å². The van der Waals surface area contributed by atoms with Crippen molar-refractivity contribution in [3.63, 3.8) is 0 Å². The van der Waals surface area contributed by atoms with Crippen LogP contribution in [0.1, 0.15) is 35.7 Å². The van der Waals surface area contributed by atoms with Crippen LogP contribution in [-0.2, 0) is 20.8 Å². The molecular formula is C27H24N2O8. The van der Waals surface area contributed by atoms with E-state index in [-0.39, 0.29) is 42.1 Å². The number of nitrogens with two attached hydrogens (primary N) is 1. The molecule has 3 aliphatic rings. The van der Waals surface area contributed by atoms with Gasteiger partial charge in [0.25, 0.3) is 5.91 Å². The van der Waals surface area contributed by atoms with Gasteiger partial charge in [-0.2, -0.15) is 0 Å².